The van der Waals surface area contributed by atoms with Crippen molar-refractivity contribution >= 4 is 24.1 Å². The molecule has 2 aromatic carbocycles. The zero-order valence-corrected chi connectivity index (χ0v) is 21.5. The van der Waals surface area contributed by atoms with Crippen LogP contribution in [0.25, 0.3) is 11.3 Å². The number of nitrogens with two attached hydrogens (primary N) is 1. The van der Waals surface area contributed by atoms with Gasteiger partial charge in [0.15, 0.2) is 0 Å². The molecule has 188 valence electrons. The molecule has 1 aliphatic heterocycles. The van der Waals surface area contributed by atoms with Crippen LogP contribution in [0.5, 0.6) is 11.6 Å². The Balaban J connectivity index is 1.62. The number of hydrogen-bond donors (Lipinski definition) is 3. The van der Waals surface area contributed by atoms with E-state index in [1.165, 1.54) is 18.1 Å². The van der Waals surface area contributed by atoms with Crippen LogP contribution in [0.15, 0.2) is 64.6 Å². The van der Waals surface area contributed by atoms with E-state index in [0.29, 0.717) is 24.1 Å². The van der Waals surface area contributed by atoms with Gasteiger partial charge in [-0.05, 0) is 67.6 Å². The topological polar surface area (TPSA) is 97.5 Å². The molecule has 0 saturated carbocycles. The lowest BCUT2D eigenvalue weighted by atomic mass is 9.89. The van der Waals surface area contributed by atoms with Crippen molar-refractivity contribution in [3.63, 3.8) is 0 Å². The van der Waals surface area contributed by atoms with Crippen LogP contribution >= 0.6 is 11.9 Å². The summed E-state index contributed by atoms with van der Waals surface area (Å²) in [6.07, 6.45) is 3.00. The molecule has 2 heterocycles. The van der Waals surface area contributed by atoms with E-state index in [1.807, 2.05) is 36.4 Å². The summed E-state index contributed by atoms with van der Waals surface area (Å²) in [5, 5.41) is 3.10. The summed E-state index contributed by atoms with van der Waals surface area (Å²) in [6.45, 7) is 5.32. The van der Waals surface area contributed by atoms with E-state index in [-0.39, 0.29) is 5.92 Å². The smallest absolute Gasteiger partial charge is 0.237 e. The maximum Gasteiger partial charge on any atom is 0.237 e. The zero-order chi connectivity index (χ0) is 25.5. The van der Waals surface area contributed by atoms with E-state index in [9.17, 15) is 4.39 Å². The Kier molecular flexibility index (Phi) is 8.56. The average Bonchev–Trinajstić information content (AvgIpc) is 2.87. The molecule has 36 heavy (non-hydrogen) atoms. The summed E-state index contributed by atoms with van der Waals surface area (Å²) >= 11 is 1.26. The second kappa shape index (κ2) is 12.0. The van der Waals surface area contributed by atoms with Crippen LogP contribution in [0.2, 0.25) is 0 Å². The van der Waals surface area contributed by atoms with Crippen molar-refractivity contribution in [1.82, 2.24) is 15.3 Å². The number of aromatic nitrogens is 2. The van der Waals surface area contributed by atoms with Crippen molar-refractivity contribution in [2.75, 3.05) is 24.9 Å². The van der Waals surface area contributed by atoms with E-state index >= 15 is 0 Å². The van der Waals surface area contributed by atoms with Gasteiger partial charge in [0.1, 0.15) is 11.9 Å². The molecule has 1 aromatic heterocycles. The van der Waals surface area contributed by atoms with Gasteiger partial charge in [-0.1, -0.05) is 30.3 Å². The minimum absolute atomic E-state index is 0.0979. The Labute approximate surface area is 215 Å². The van der Waals surface area contributed by atoms with Gasteiger partial charge in [0, 0.05) is 43.6 Å². The Hall–Kier alpha value is -3.43. The van der Waals surface area contributed by atoms with Gasteiger partial charge in [-0.3, -0.25) is 9.71 Å². The molecular formula is C27H31FN6OS. The monoisotopic (exact) mass is 506 g/mol. The normalized spacial score (nSPS) is 18.4. The van der Waals surface area contributed by atoms with E-state index < -0.39 is 6.17 Å². The first kappa shape index (κ1) is 25.7. The van der Waals surface area contributed by atoms with Crippen molar-refractivity contribution in [1.29, 1.82) is 0 Å². The third-order valence-electron chi connectivity index (χ3n) is 6.06. The third kappa shape index (κ3) is 6.22. The van der Waals surface area contributed by atoms with Gasteiger partial charge in [-0.2, -0.15) is 4.98 Å². The number of alkyl halides is 1. The molecule has 4 N–H and O–H groups in total. The lowest BCUT2D eigenvalue weighted by Crippen LogP contribution is -2.36. The average molecular weight is 507 g/mol. The first-order valence-corrected chi connectivity index (χ1v) is 12.7. The highest BCUT2D eigenvalue weighted by Gasteiger charge is 2.26. The predicted octanol–water partition coefficient (Wildman–Crippen LogP) is 5.53. The van der Waals surface area contributed by atoms with Crippen LogP contribution < -0.4 is 20.5 Å². The number of rotatable bonds is 8. The number of nitrogens with one attached hydrogen (secondary N) is 2. The zero-order valence-electron chi connectivity index (χ0n) is 20.7. The number of aryl methyl sites for hydroxylation is 2. The number of halogens is 1. The molecule has 1 saturated heterocycles. The van der Waals surface area contributed by atoms with Crippen molar-refractivity contribution in [2.24, 2.45) is 10.7 Å². The maximum atomic E-state index is 14.4. The first-order chi connectivity index (χ1) is 17.5. The standard InChI is InChI=1S/C27H31FN6OS/c1-17-5-4-6-18(2)26(17)24-13-25(33-27(32-24)34-36-21(14-29)15-30-3)35-20-9-7-19(8-10-20)22-11-12-31-16-23(22)28/h4-10,13-15,22-23,31H,11-12,16,29H2,1-3H3,(H,32,33,34)/b21-14+,30-15?. The summed E-state index contributed by atoms with van der Waals surface area (Å²) in [6, 6.07) is 15.5. The SMILES string of the molecule is CN=C/C(=C\N)SNc1nc(Oc2ccc(C3CCNCC3F)cc2)cc(-c2c(C)cccc2C)n1. The van der Waals surface area contributed by atoms with Crippen LogP contribution in [-0.2, 0) is 0 Å². The molecule has 0 spiro atoms. The molecule has 7 nitrogen and oxygen atoms in total. The number of hydrogen-bond acceptors (Lipinski definition) is 8. The van der Waals surface area contributed by atoms with E-state index in [4.69, 9.17) is 15.5 Å². The fraction of sp³-hybridized carbons (Fsp3) is 0.296. The van der Waals surface area contributed by atoms with Gasteiger partial charge in [0.05, 0.1) is 10.6 Å². The minimum Gasteiger partial charge on any atom is -0.439 e. The molecule has 1 aliphatic rings. The lowest BCUT2D eigenvalue weighted by Gasteiger charge is -2.27. The van der Waals surface area contributed by atoms with Crippen molar-refractivity contribution in [2.45, 2.75) is 32.4 Å². The van der Waals surface area contributed by atoms with Gasteiger partial charge in [-0.15, -0.1) is 0 Å². The second-order valence-electron chi connectivity index (χ2n) is 8.63. The fourth-order valence-corrected chi connectivity index (χ4v) is 4.83. The van der Waals surface area contributed by atoms with Gasteiger partial charge in [0.25, 0.3) is 0 Å². The number of benzene rings is 2. The van der Waals surface area contributed by atoms with E-state index in [2.05, 4.69) is 46.0 Å². The minimum atomic E-state index is -0.886. The Bertz CT molecular complexity index is 1230. The number of anilines is 1. The van der Waals surface area contributed by atoms with Crippen LogP contribution in [-0.4, -0.2) is 42.5 Å². The van der Waals surface area contributed by atoms with E-state index in [0.717, 1.165) is 45.8 Å². The van der Waals surface area contributed by atoms with Crippen molar-refractivity contribution in [3.8, 4) is 22.9 Å². The Morgan fingerprint density at radius 2 is 1.94 bits per heavy atom. The summed E-state index contributed by atoms with van der Waals surface area (Å²) in [7, 11) is 1.68. The Morgan fingerprint density at radius 3 is 2.61 bits per heavy atom. The number of piperidine rings is 1. The molecule has 1 fully saturated rings. The molecule has 2 atom stereocenters. The number of nitrogens with zero attached hydrogens (tertiary/aromatic N) is 3. The molecule has 9 heteroatoms. The highest BCUT2D eigenvalue weighted by molar-refractivity contribution is 8.05. The molecular weight excluding hydrogens is 475 g/mol. The summed E-state index contributed by atoms with van der Waals surface area (Å²) in [5.41, 5.74) is 10.6. The fourth-order valence-electron chi connectivity index (χ4n) is 4.30. The molecule has 2 unspecified atom stereocenters. The van der Waals surface area contributed by atoms with Crippen molar-refractivity contribution in [3.05, 3.63) is 76.3 Å². The van der Waals surface area contributed by atoms with Gasteiger partial charge < -0.3 is 15.8 Å². The molecule has 3 aromatic rings. The van der Waals surface area contributed by atoms with Crippen LogP contribution in [0.4, 0.5) is 10.3 Å². The number of aliphatic imine (C=N–C) groups is 1. The first-order valence-electron chi connectivity index (χ1n) is 11.8. The molecule has 0 radical (unpaired) electrons. The summed E-state index contributed by atoms with van der Waals surface area (Å²) in [5.74, 6) is 1.30. The Morgan fingerprint density at radius 1 is 1.19 bits per heavy atom. The predicted molar refractivity (Wildman–Crippen MR) is 146 cm³/mol. The highest BCUT2D eigenvalue weighted by Crippen LogP contribution is 2.33. The molecule has 0 aliphatic carbocycles. The molecule has 4 rings (SSSR count). The maximum absolute atomic E-state index is 14.4. The largest absolute Gasteiger partial charge is 0.439 e. The van der Waals surface area contributed by atoms with Crippen LogP contribution in [0, 0.1) is 13.8 Å². The number of ether oxygens (including phenoxy) is 1. The summed E-state index contributed by atoms with van der Waals surface area (Å²) < 4.78 is 23.6. The molecule has 0 amide bonds. The van der Waals surface area contributed by atoms with Gasteiger partial charge in [0.2, 0.25) is 11.8 Å². The van der Waals surface area contributed by atoms with Gasteiger partial charge in [-0.25, -0.2) is 9.37 Å². The third-order valence-corrected chi connectivity index (χ3v) is 6.82. The number of allylic oxidation sites excluding steroid dienone is 1. The second-order valence-corrected chi connectivity index (χ2v) is 9.51. The van der Waals surface area contributed by atoms with Crippen molar-refractivity contribution < 1.29 is 9.13 Å². The van der Waals surface area contributed by atoms with Crippen LogP contribution in [0.3, 0.4) is 0 Å². The van der Waals surface area contributed by atoms with Gasteiger partial charge >= 0.3 is 0 Å². The summed E-state index contributed by atoms with van der Waals surface area (Å²) in [4.78, 5) is 14.0. The molecule has 0 bridgehead atoms. The lowest BCUT2D eigenvalue weighted by molar-refractivity contribution is 0.231. The quantitative estimate of drug-likeness (QED) is 0.273. The van der Waals surface area contributed by atoms with E-state index in [1.54, 1.807) is 13.3 Å². The highest BCUT2D eigenvalue weighted by atomic mass is 32.2. The van der Waals surface area contributed by atoms with Crippen LogP contribution in [0.1, 0.15) is 29.0 Å².